The molecule has 6 heteroatoms. The van der Waals surface area contributed by atoms with Crippen LogP contribution in [-0.4, -0.2) is 41.2 Å². The average molecular weight is 356 g/mol. The van der Waals surface area contributed by atoms with Gasteiger partial charge in [-0.15, -0.1) is 0 Å². The molecule has 2 aliphatic rings. The van der Waals surface area contributed by atoms with Crippen molar-refractivity contribution in [3.63, 3.8) is 0 Å². The molecule has 2 amide bonds. The van der Waals surface area contributed by atoms with Crippen molar-refractivity contribution in [2.24, 2.45) is 5.92 Å². The Hall–Kier alpha value is -2.63. The summed E-state index contributed by atoms with van der Waals surface area (Å²) in [6.45, 7) is 2.17. The van der Waals surface area contributed by atoms with E-state index < -0.39 is 0 Å². The van der Waals surface area contributed by atoms with E-state index in [0.717, 1.165) is 17.7 Å². The van der Waals surface area contributed by atoms with E-state index in [1.807, 2.05) is 11.0 Å². The number of rotatable bonds is 4. The van der Waals surface area contributed by atoms with Gasteiger partial charge >= 0.3 is 0 Å². The number of carbonyl (C=O) groups excluding carboxylic acids is 2. The van der Waals surface area contributed by atoms with Crippen LogP contribution in [0.2, 0.25) is 0 Å². The van der Waals surface area contributed by atoms with Gasteiger partial charge in [0.2, 0.25) is 11.8 Å². The lowest BCUT2D eigenvalue weighted by Crippen LogP contribution is -2.35. The third-order valence-corrected chi connectivity index (χ3v) is 5.33. The molecule has 0 aliphatic carbocycles. The van der Waals surface area contributed by atoms with Crippen molar-refractivity contribution in [3.8, 4) is 0 Å². The third kappa shape index (κ3) is 3.36. The van der Waals surface area contributed by atoms with Crippen LogP contribution in [0.3, 0.4) is 0 Å². The summed E-state index contributed by atoms with van der Waals surface area (Å²) in [6, 6.07) is 10.1. The Bertz CT molecular complexity index is 788. The Kier molecular flexibility index (Phi) is 4.49. The predicted octanol–water partition coefficient (Wildman–Crippen LogP) is 2.78. The minimum atomic E-state index is -0.288. The molecule has 5 nitrogen and oxygen atoms in total. The first-order chi connectivity index (χ1) is 12.6. The minimum absolute atomic E-state index is 0.00553. The van der Waals surface area contributed by atoms with Crippen LogP contribution >= 0.6 is 0 Å². The first-order valence-electron chi connectivity index (χ1n) is 8.94. The van der Waals surface area contributed by atoms with E-state index in [1.165, 1.54) is 12.1 Å². The van der Waals surface area contributed by atoms with Crippen LogP contribution in [-0.2, 0) is 16.1 Å². The molecular formula is C20H21FN2O3. The van der Waals surface area contributed by atoms with E-state index in [2.05, 4.69) is 0 Å². The van der Waals surface area contributed by atoms with Gasteiger partial charge in [-0.2, -0.15) is 0 Å². The Morgan fingerprint density at radius 3 is 2.73 bits per heavy atom. The standard InChI is InChI=1S/C20H21FN2O3/c21-17-5-3-14(4-6-17)15-7-8-22(11-15)20(25)16-10-19(24)23(12-16)13-18-2-1-9-26-18/h1-6,9,15-16H,7-8,10-13H2. The lowest BCUT2D eigenvalue weighted by Gasteiger charge is -2.21. The van der Waals surface area contributed by atoms with Crippen LogP contribution in [0, 0.1) is 11.7 Å². The van der Waals surface area contributed by atoms with Gasteiger partial charge in [0, 0.05) is 32.0 Å². The molecule has 2 atom stereocenters. The highest BCUT2D eigenvalue weighted by Crippen LogP contribution is 2.30. The maximum absolute atomic E-state index is 13.1. The van der Waals surface area contributed by atoms with Crippen LogP contribution < -0.4 is 0 Å². The number of hydrogen-bond donors (Lipinski definition) is 0. The van der Waals surface area contributed by atoms with E-state index in [4.69, 9.17) is 4.42 Å². The molecule has 3 heterocycles. The number of halogens is 1. The van der Waals surface area contributed by atoms with Gasteiger partial charge in [0.15, 0.2) is 0 Å². The van der Waals surface area contributed by atoms with E-state index in [-0.39, 0.29) is 35.9 Å². The second-order valence-electron chi connectivity index (χ2n) is 7.08. The van der Waals surface area contributed by atoms with E-state index in [1.54, 1.807) is 29.4 Å². The fourth-order valence-corrected chi connectivity index (χ4v) is 3.91. The molecule has 1 aromatic heterocycles. The maximum Gasteiger partial charge on any atom is 0.228 e. The molecule has 4 rings (SSSR count). The van der Waals surface area contributed by atoms with Crippen LogP contribution in [0.25, 0.3) is 0 Å². The monoisotopic (exact) mass is 356 g/mol. The van der Waals surface area contributed by atoms with Crippen molar-refractivity contribution in [2.45, 2.75) is 25.3 Å². The van der Waals surface area contributed by atoms with E-state index >= 15 is 0 Å². The zero-order valence-electron chi connectivity index (χ0n) is 14.4. The van der Waals surface area contributed by atoms with Crippen LogP contribution in [0.15, 0.2) is 47.1 Å². The number of amides is 2. The molecule has 2 saturated heterocycles. The molecule has 2 fully saturated rings. The second kappa shape index (κ2) is 6.94. The normalized spacial score (nSPS) is 23.0. The summed E-state index contributed by atoms with van der Waals surface area (Å²) in [6.07, 6.45) is 2.71. The average Bonchev–Trinajstić information content (AvgIpc) is 3.37. The van der Waals surface area contributed by atoms with Gasteiger partial charge in [-0.3, -0.25) is 9.59 Å². The number of likely N-dealkylation sites (tertiary alicyclic amines) is 2. The van der Waals surface area contributed by atoms with Crippen molar-refractivity contribution in [1.82, 2.24) is 9.80 Å². The SMILES string of the molecule is O=C1CC(C(=O)N2CCC(c3ccc(F)cc3)C2)CN1Cc1ccco1. The topological polar surface area (TPSA) is 53.8 Å². The van der Waals surface area contributed by atoms with Crippen molar-refractivity contribution >= 4 is 11.8 Å². The molecule has 2 aromatic rings. The lowest BCUT2D eigenvalue weighted by molar-refractivity contribution is -0.134. The number of nitrogens with zero attached hydrogens (tertiary/aromatic N) is 2. The first kappa shape index (κ1) is 16.8. The molecule has 26 heavy (non-hydrogen) atoms. The van der Waals surface area contributed by atoms with Crippen molar-refractivity contribution in [2.75, 3.05) is 19.6 Å². The van der Waals surface area contributed by atoms with Crippen LogP contribution in [0.1, 0.15) is 30.1 Å². The molecular weight excluding hydrogens is 335 g/mol. The Morgan fingerprint density at radius 2 is 2.00 bits per heavy atom. The number of furan rings is 1. The van der Waals surface area contributed by atoms with Crippen molar-refractivity contribution in [1.29, 1.82) is 0 Å². The van der Waals surface area contributed by atoms with Gasteiger partial charge < -0.3 is 14.2 Å². The van der Waals surface area contributed by atoms with Crippen LogP contribution in [0.5, 0.6) is 0 Å². The smallest absolute Gasteiger partial charge is 0.228 e. The Labute approximate surface area is 151 Å². The maximum atomic E-state index is 13.1. The van der Waals surface area contributed by atoms with Crippen molar-refractivity contribution < 1.29 is 18.4 Å². The zero-order valence-corrected chi connectivity index (χ0v) is 14.4. The van der Waals surface area contributed by atoms with Gasteiger partial charge in [-0.25, -0.2) is 4.39 Å². The summed E-state index contributed by atoms with van der Waals surface area (Å²) >= 11 is 0. The largest absolute Gasteiger partial charge is 0.467 e. The molecule has 2 aliphatic heterocycles. The number of hydrogen-bond acceptors (Lipinski definition) is 3. The van der Waals surface area contributed by atoms with Crippen molar-refractivity contribution in [3.05, 3.63) is 59.8 Å². The summed E-state index contributed by atoms with van der Waals surface area (Å²) in [5, 5.41) is 0. The van der Waals surface area contributed by atoms with Crippen LogP contribution in [0.4, 0.5) is 4.39 Å². The van der Waals surface area contributed by atoms with Gasteiger partial charge in [0.25, 0.3) is 0 Å². The highest BCUT2D eigenvalue weighted by molar-refractivity contribution is 5.89. The van der Waals surface area contributed by atoms with E-state index in [9.17, 15) is 14.0 Å². The fourth-order valence-electron chi connectivity index (χ4n) is 3.91. The molecule has 0 bridgehead atoms. The second-order valence-corrected chi connectivity index (χ2v) is 7.08. The minimum Gasteiger partial charge on any atom is -0.467 e. The van der Waals surface area contributed by atoms with E-state index in [0.29, 0.717) is 26.2 Å². The van der Waals surface area contributed by atoms with Gasteiger partial charge in [-0.05, 0) is 36.2 Å². The molecule has 1 aromatic carbocycles. The zero-order chi connectivity index (χ0) is 18.1. The summed E-state index contributed by atoms with van der Waals surface area (Å²) in [7, 11) is 0. The fraction of sp³-hybridized carbons (Fsp3) is 0.400. The summed E-state index contributed by atoms with van der Waals surface area (Å²) in [4.78, 5) is 28.6. The molecule has 2 unspecified atom stereocenters. The highest BCUT2D eigenvalue weighted by Gasteiger charge is 2.38. The molecule has 0 spiro atoms. The number of carbonyl (C=O) groups is 2. The molecule has 0 saturated carbocycles. The lowest BCUT2D eigenvalue weighted by atomic mass is 9.98. The summed E-state index contributed by atoms with van der Waals surface area (Å²) < 4.78 is 18.4. The van der Waals surface area contributed by atoms with Gasteiger partial charge in [-0.1, -0.05) is 12.1 Å². The van der Waals surface area contributed by atoms with Gasteiger partial charge in [0.1, 0.15) is 11.6 Å². The summed E-state index contributed by atoms with van der Waals surface area (Å²) in [5.41, 5.74) is 1.06. The summed E-state index contributed by atoms with van der Waals surface area (Å²) in [5.74, 6) is 0.462. The predicted molar refractivity (Wildman–Crippen MR) is 92.6 cm³/mol. The molecule has 136 valence electrons. The quantitative estimate of drug-likeness (QED) is 0.846. The first-order valence-corrected chi connectivity index (χ1v) is 8.94. The molecule has 0 N–H and O–H groups in total. The third-order valence-electron chi connectivity index (χ3n) is 5.33. The Balaban J connectivity index is 1.36. The molecule has 0 radical (unpaired) electrons. The number of benzene rings is 1. The van der Waals surface area contributed by atoms with Gasteiger partial charge in [0.05, 0.1) is 18.7 Å². The Morgan fingerprint density at radius 1 is 1.19 bits per heavy atom. The highest BCUT2D eigenvalue weighted by atomic mass is 19.1.